The molecule has 3 nitrogen and oxygen atoms in total. The van der Waals surface area contributed by atoms with Gasteiger partial charge in [0.05, 0.1) is 23.7 Å². The van der Waals surface area contributed by atoms with E-state index >= 15 is 0 Å². The molecule has 0 aliphatic rings. The number of esters is 1. The zero-order valence-corrected chi connectivity index (χ0v) is 9.60. The number of alkyl halides is 3. The Bertz CT molecular complexity index is 426. The van der Waals surface area contributed by atoms with Gasteiger partial charge in [-0.25, -0.2) is 22.9 Å². The summed E-state index contributed by atoms with van der Waals surface area (Å²) in [6.07, 6.45) is -3.06. The number of rotatable bonds is 4. The molecule has 0 spiro atoms. The fraction of sp³-hybridized carbons (Fsp3) is 0.400. The molecule has 0 aliphatic heterocycles. The number of ether oxygens (including phenoxy) is 1. The summed E-state index contributed by atoms with van der Waals surface area (Å²) in [5.74, 6) is -2.37. The van der Waals surface area contributed by atoms with Crippen LogP contribution < -0.4 is 0 Å². The van der Waals surface area contributed by atoms with Crippen LogP contribution in [0.2, 0.25) is 0 Å². The lowest BCUT2D eigenvalue weighted by Gasteiger charge is -2.09. The lowest BCUT2D eigenvalue weighted by atomic mass is 10.2. The normalized spacial score (nSPS) is 10.7. The van der Waals surface area contributed by atoms with Crippen LogP contribution in [0.25, 0.3) is 0 Å². The molecule has 0 bridgehead atoms. The average Bonchev–Trinajstić information content (AvgIpc) is 2.28. The van der Waals surface area contributed by atoms with Gasteiger partial charge in [0.1, 0.15) is 5.69 Å². The zero-order valence-electron chi connectivity index (χ0n) is 8.84. The van der Waals surface area contributed by atoms with Crippen molar-refractivity contribution in [1.29, 1.82) is 0 Å². The van der Waals surface area contributed by atoms with Crippen LogP contribution in [-0.2, 0) is 10.6 Å². The number of hydrogen-bond acceptors (Lipinski definition) is 3. The largest absolute Gasteiger partial charge is 0.462 e. The summed E-state index contributed by atoms with van der Waals surface area (Å²) in [7, 11) is 0. The Kier molecular flexibility index (Phi) is 4.74. The molecule has 0 unspecified atom stereocenters. The Labute approximate surface area is 101 Å². The second-order valence-corrected chi connectivity index (χ2v) is 3.27. The predicted octanol–water partition coefficient (Wildman–Crippen LogP) is 3.07. The molecule has 1 aromatic rings. The molecule has 94 valence electrons. The molecule has 0 N–H and O–H groups in total. The van der Waals surface area contributed by atoms with Crippen LogP contribution >= 0.6 is 11.6 Å². The quantitative estimate of drug-likeness (QED) is 0.622. The van der Waals surface area contributed by atoms with Crippen molar-refractivity contribution in [1.82, 2.24) is 4.98 Å². The summed E-state index contributed by atoms with van der Waals surface area (Å²) >= 11 is 5.47. The van der Waals surface area contributed by atoms with Gasteiger partial charge in [0, 0.05) is 0 Å². The molecule has 0 fully saturated rings. The predicted molar refractivity (Wildman–Crippen MR) is 54.7 cm³/mol. The first kappa shape index (κ1) is 13.8. The van der Waals surface area contributed by atoms with Crippen molar-refractivity contribution < 1.29 is 22.7 Å². The van der Waals surface area contributed by atoms with E-state index in [0.717, 1.165) is 0 Å². The van der Waals surface area contributed by atoms with Gasteiger partial charge in [-0.05, 0) is 13.0 Å². The number of carbonyl (C=O) groups is 1. The van der Waals surface area contributed by atoms with E-state index in [1.165, 1.54) is 0 Å². The van der Waals surface area contributed by atoms with Crippen molar-refractivity contribution in [2.24, 2.45) is 0 Å². The minimum Gasteiger partial charge on any atom is -0.462 e. The van der Waals surface area contributed by atoms with Gasteiger partial charge in [-0.3, -0.25) is 0 Å². The topological polar surface area (TPSA) is 39.2 Å². The lowest BCUT2D eigenvalue weighted by Crippen LogP contribution is -2.12. The maximum Gasteiger partial charge on any atom is 0.340 e. The zero-order chi connectivity index (χ0) is 13.0. The number of halogens is 4. The molecule has 1 rings (SSSR count). The maximum atomic E-state index is 13.2. The first-order valence-electron chi connectivity index (χ1n) is 4.71. The fourth-order valence-corrected chi connectivity index (χ4v) is 1.39. The highest BCUT2D eigenvalue weighted by Crippen LogP contribution is 2.23. The van der Waals surface area contributed by atoms with E-state index in [1.54, 1.807) is 6.92 Å². The molecule has 0 amide bonds. The van der Waals surface area contributed by atoms with Crippen LogP contribution in [0.1, 0.15) is 35.1 Å². The summed E-state index contributed by atoms with van der Waals surface area (Å²) in [4.78, 5) is 14.7. The number of aromatic nitrogens is 1. The van der Waals surface area contributed by atoms with E-state index in [9.17, 15) is 18.0 Å². The Morgan fingerprint density at radius 1 is 1.59 bits per heavy atom. The van der Waals surface area contributed by atoms with Crippen molar-refractivity contribution in [3.8, 4) is 0 Å². The molecule has 7 heteroatoms. The van der Waals surface area contributed by atoms with Crippen LogP contribution in [0.3, 0.4) is 0 Å². The molecule has 17 heavy (non-hydrogen) atoms. The minimum absolute atomic E-state index is 0.0821. The van der Waals surface area contributed by atoms with Crippen LogP contribution in [0.4, 0.5) is 13.2 Å². The SMILES string of the molecule is CCOC(=O)c1cc(F)c(C(F)F)nc1CCl. The molecule has 0 aromatic carbocycles. The molecule has 0 saturated heterocycles. The molecule has 0 aliphatic carbocycles. The van der Waals surface area contributed by atoms with Crippen LogP contribution in [0, 0.1) is 5.82 Å². The number of pyridine rings is 1. The third-order valence-corrected chi connectivity index (χ3v) is 2.16. The lowest BCUT2D eigenvalue weighted by molar-refractivity contribution is 0.0523. The van der Waals surface area contributed by atoms with Crippen LogP contribution in [0.5, 0.6) is 0 Å². The van der Waals surface area contributed by atoms with Gasteiger partial charge in [0.2, 0.25) is 0 Å². The van der Waals surface area contributed by atoms with E-state index in [4.69, 9.17) is 11.6 Å². The molecule has 0 radical (unpaired) electrons. The Balaban J connectivity index is 3.23. The van der Waals surface area contributed by atoms with E-state index in [0.29, 0.717) is 6.07 Å². The first-order valence-corrected chi connectivity index (χ1v) is 5.25. The molecular formula is C10H9ClF3NO2. The fourth-order valence-electron chi connectivity index (χ4n) is 1.18. The van der Waals surface area contributed by atoms with Crippen LogP contribution in [-0.4, -0.2) is 17.6 Å². The third kappa shape index (κ3) is 3.09. The summed E-state index contributed by atoms with van der Waals surface area (Å²) in [5.41, 5.74) is -1.38. The molecular weight excluding hydrogens is 259 g/mol. The van der Waals surface area contributed by atoms with E-state index < -0.39 is 23.9 Å². The van der Waals surface area contributed by atoms with Gasteiger partial charge >= 0.3 is 5.97 Å². The summed E-state index contributed by atoms with van der Waals surface area (Å²) in [6.45, 7) is 1.65. The monoisotopic (exact) mass is 267 g/mol. The standard InChI is InChI=1S/C10H9ClF3NO2/c1-2-17-10(16)5-3-6(12)8(9(13)14)15-7(5)4-11/h3,9H,2,4H2,1H3. The molecule has 0 atom stereocenters. The highest BCUT2D eigenvalue weighted by Gasteiger charge is 2.22. The van der Waals surface area contributed by atoms with E-state index in [-0.39, 0.29) is 23.7 Å². The summed E-state index contributed by atoms with van der Waals surface area (Å²) < 4.78 is 42.6. The number of hydrogen-bond donors (Lipinski definition) is 0. The number of nitrogens with zero attached hydrogens (tertiary/aromatic N) is 1. The number of carbonyl (C=O) groups excluding carboxylic acids is 1. The van der Waals surface area contributed by atoms with E-state index in [2.05, 4.69) is 9.72 Å². The summed E-state index contributed by atoms with van der Waals surface area (Å²) in [6, 6.07) is 0.671. The van der Waals surface area contributed by atoms with Crippen molar-refractivity contribution in [3.05, 3.63) is 28.8 Å². The Morgan fingerprint density at radius 2 is 2.24 bits per heavy atom. The second-order valence-electron chi connectivity index (χ2n) is 3.00. The van der Waals surface area contributed by atoms with Gasteiger partial charge in [0.15, 0.2) is 5.82 Å². The van der Waals surface area contributed by atoms with Crippen molar-refractivity contribution >= 4 is 17.6 Å². The Morgan fingerprint density at radius 3 is 2.71 bits per heavy atom. The highest BCUT2D eigenvalue weighted by molar-refractivity contribution is 6.17. The van der Waals surface area contributed by atoms with Crippen molar-refractivity contribution in [3.63, 3.8) is 0 Å². The van der Waals surface area contributed by atoms with Gasteiger partial charge in [0.25, 0.3) is 6.43 Å². The smallest absolute Gasteiger partial charge is 0.340 e. The van der Waals surface area contributed by atoms with Crippen molar-refractivity contribution in [2.45, 2.75) is 19.2 Å². The maximum absolute atomic E-state index is 13.2. The van der Waals surface area contributed by atoms with Crippen LogP contribution in [0.15, 0.2) is 6.07 Å². The Hall–Kier alpha value is -1.30. The highest BCUT2D eigenvalue weighted by atomic mass is 35.5. The van der Waals surface area contributed by atoms with E-state index in [1.807, 2.05) is 0 Å². The van der Waals surface area contributed by atoms with Gasteiger partial charge < -0.3 is 4.74 Å². The molecule has 0 saturated carbocycles. The molecule has 1 heterocycles. The minimum atomic E-state index is -3.06. The molecule has 1 aromatic heterocycles. The average molecular weight is 268 g/mol. The first-order chi connectivity index (χ1) is 8.01. The summed E-state index contributed by atoms with van der Waals surface area (Å²) in [5, 5.41) is 0. The van der Waals surface area contributed by atoms with Gasteiger partial charge in [-0.15, -0.1) is 11.6 Å². The third-order valence-electron chi connectivity index (χ3n) is 1.91. The van der Waals surface area contributed by atoms with Crippen molar-refractivity contribution in [2.75, 3.05) is 6.61 Å². The second kappa shape index (κ2) is 5.86. The van der Waals surface area contributed by atoms with Gasteiger partial charge in [-0.2, -0.15) is 0 Å². The van der Waals surface area contributed by atoms with Gasteiger partial charge in [-0.1, -0.05) is 0 Å².